The molecule has 0 aliphatic heterocycles. The number of phenols is 1. The summed E-state index contributed by atoms with van der Waals surface area (Å²) in [6, 6.07) is 7.09. The Morgan fingerprint density at radius 3 is 2.00 bits per heavy atom. The molecule has 0 fully saturated rings. The summed E-state index contributed by atoms with van der Waals surface area (Å²) in [7, 11) is 0. The van der Waals surface area contributed by atoms with E-state index < -0.39 is 0 Å². The maximum Gasteiger partial charge on any atom is 0.216 e. The second-order valence-corrected chi connectivity index (χ2v) is 4.46. The van der Waals surface area contributed by atoms with Crippen molar-refractivity contribution in [3.63, 3.8) is 0 Å². The predicted octanol–water partition coefficient (Wildman–Crippen LogP) is 2.98. The van der Waals surface area contributed by atoms with Crippen LogP contribution in [-0.4, -0.2) is 24.1 Å². The first-order valence-electron chi connectivity index (χ1n) is 7.18. The number of carbonyl (C=O) groups is 1. The monoisotopic (exact) mass is 282 g/mol. The van der Waals surface area contributed by atoms with Gasteiger partial charge >= 0.3 is 0 Å². The van der Waals surface area contributed by atoms with Crippen LogP contribution in [0.2, 0.25) is 0 Å². The number of benzene rings is 1. The van der Waals surface area contributed by atoms with E-state index in [-0.39, 0.29) is 5.91 Å². The Morgan fingerprint density at radius 1 is 1.20 bits per heavy atom. The van der Waals surface area contributed by atoms with E-state index in [9.17, 15) is 4.79 Å². The van der Waals surface area contributed by atoms with E-state index in [0.29, 0.717) is 18.8 Å². The largest absolute Gasteiger partial charge is 0.508 e. The molecule has 4 heteroatoms. The van der Waals surface area contributed by atoms with E-state index in [1.165, 1.54) is 25.3 Å². The van der Waals surface area contributed by atoms with Gasteiger partial charge in [-0.25, -0.2) is 0 Å². The summed E-state index contributed by atoms with van der Waals surface area (Å²) >= 11 is 0. The lowest BCUT2D eigenvalue weighted by molar-refractivity contribution is -0.118. The van der Waals surface area contributed by atoms with Crippen molar-refractivity contribution in [2.45, 2.75) is 47.0 Å². The van der Waals surface area contributed by atoms with E-state index in [2.05, 4.69) is 19.2 Å². The van der Waals surface area contributed by atoms with Crippen molar-refractivity contribution in [3.8, 4) is 5.75 Å². The molecule has 1 amide bonds. The number of amides is 1. The first kappa shape index (κ1) is 20.8. The SMILES string of the molecule is CC(=O)NCCCN.CCCC.Cc1ccc(O)cc1. The van der Waals surface area contributed by atoms with Gasteiger partial charge in [0.05, 0.1) is 0 Å². The minimum absolute atomic E-state index is 0.0125. The van der Waals surface area contributed by atoms with Crippen LogP contribution in [0.4, 0.5) is 0 Å². The Labute approximate surface area is 123 Å². The number of nitrogens with one attached hydrogen (secondary N) is 1. The number of unbranched alkanes of at least 4 members (excludes halogenated alkanes) is 1. The number of phenolic OH excluding ortho intramolecular Hbond substituents is 1. The fourth-order valence-corrected chi connectivity index (χ4v) is 0.911. The molecule has 1 aromatic carbocycles. The van der Waals surface area contributed by atoms with Gasteiger partial charge < -0.3 is 16.2 Å². The number of aryl methyl sites for hydroxylation is 1. The second-order valence-electron chi connectivity index (χ2n) is 4.46. The molecule has 0 aliphatic carbocycles. The fourth-order valence-electron chi connectivity index (χ4n) is 0.911. The lowest BCUT2D eigenvalue weighted by Gasteiger charge is -1.96. The van der Waals surface area contributed by atoms with Crippen molar-refractivity contribution in [2.24, 2.45) is 5.73 Å². The smallest absolute Gasteiger partial charge is 0.216 e. The Morgan fingerprint density at radius 2 is 1.70 bits per heavy atom. The van der Waals surface area contributed by atoms with Crippen LogP contribution in [0.3, 0.4) is 0 Å². The molecule has 20 heavy (non-hydrogen) atoms. The van der Waals surface area contributed by atoms with Crippen LogP contribution in [-0.2, 0) is 4.79 Å². The zero-order valence-corrected chi connectivity index (χ0v) is 13.3. The van der Waals surface area contributed by atoms with Gasteiger partial charge in [0.1, 0.15) is 5.75 Å². The lowest BCUT2D eigenvalue weighted by atomic mass is 10.2. The third-order valence-electron chi connectivity index (χ3n) is 2.29. The summed E-state index contributed by atoms with van der Waals surface area (Å²) in [4.78, 5) is 10.2. The Hall–Kier alpha value is -1.55. The highest BCUT2D eigenvalue weighted by atomic mass is 16.3. The highest BCUT2D eigenvalue weighted by Crippen LogP contribution is 2.07. The van der Waals surface area contributed by atoms with Crippen molar-refractivity contribution in [1.82, 2.24) is 5.32 Å². The summed E-state index contributed by atoms with van der Waals surface area (Å²) in [5, 5.41) is 11.4. The molecular formula is C16H30N2O2. The molecule has 116 valence electrons. The minimum atomic E-state index is 0.0125. The van der Waals surface area contributed by atoms with Gasteiger partial charge in [0, 0.05) is 13.5 Å². The molecule has 1 aromatic rings. The van der Waals surface area contributed by atoms with Crippen molar-refractivity contribution >= 4 is 5.91 Å². The standard InChI is InChI=1S/C7H8O.C5H12N2O.C4H10/c1-6-2-4-7(8)5-3-6;1-5(8)7-4-2-3-6;1-3-4-2/h2-5,8H,1H3;2-4,6H2,1H3,(H,7,8);3-4H2,1-2H3. The molecule has 4 nitrogen and oxygen atoms in total. The molecule has 4 N–H and O–H groups in total. The topological polar surface area (TPSA) is 75.4 Å². The highest BCUT2D eigenvalue weighted by molar-refractivity contribution is 5.72. The van der Waals surface area contributed by atoms with Gasteiger partial charge in [0.2, 0.25) is 5.91 Å². The van der Waals surface area contributed by atoms with Gasteiger partial charge in [-0.15, -0.1) is 0 Å². The average Bonchev–Trinajstić information content (AvgIpc) is 2.43. The zero-order valence-electron chi connectivity index (χ0n) is 13.3. The average molecular weight is 282 g/mol. The van der Waals surface area contributed by atoms with Crippen LogP contribution in [0, 0.1) is 6.92 Å². The number of carbonyl (C=O) groups excluding carboxylic acids is 1. The van der Waals surface area contributed by atoms with Crippen LogP contribution >= 0.6 is 0 Å². The number of hydrogen-bond acceptors (Lipinski definition) is 3. The van der Waals surface area contributed by atoms with Gasteiger partial charge in [0.25, 0.3) is 0 Å². The number of hydrogen-bond donors (Lipinski definition) is 3. The van der Waals surface area contributed by atoms with Crippen LogP contribution in [0.1, 0.15) is 45.6 Å². The molecule has 0 saturated carbocycles. The maximum absolute atomic E-state index is 10.2. The van der Waals surface area contributed by atoms with Crippen molar-refractivity contribution in [3.05, 3.63) is 29.8 Å². The second kappa shape index (κ2) is 15.5. The molecule has 0 aliphatic rings. The highest BCUT2D eigenvalue weighted by Gasteiger charge is 1.86. The van der Waals surface area contributed by atoms with Crippen LogP contribution in [0.25, 0.3) is 0 Å². The molecule has 0 bridgehead atoms. The maximum atomic E-state index is 10.2. The summed E-state index contributed by atoms with van der Waals surface area (Å²) < 4.78 is 0. The Bertz CT molecular complexity index is 301. The minimum Gasteiger partial charge on any atom is -0.508 e. The van der Waals surface area contributed by atoms with Crippen molar-refractivity contribution < 1.29 is 9.90 Å². The normalized spacial score (nSPS) is 8.65. The first-order chi connectivity index (χ1) is 9.47. The zero-order chi connectivity index (χ0) is 15.8. The van der Waals surface area contributed by atoms with Gasteiger partial charge in [-0.2, -0.15) is 0 Å². The van der Waals surface area contributed by atoms with E-state index in [1.807, 2.05) is 19.1 Å². The van der Waals surface area contributed by atoms with Gasteiger partial charge in [-0.05, 0) is 32.0 Å². The molecule has 1 rings (SSSR count). The summed E-state index contributed by atoms with van der Waals surface area (Å²) in [5.41, 5.74) is 6.33. The molecule has 0 heterocycles. The van der Waals surface area contributed by atoms with Crippen LogP contribution in [0.15, 0.2) is 24.3 Å². The van der Waals surface area contributed by atoms with Crippen LogP contribution < -0.4 is 11.1 Å². The molecule has 0 unspecified atom stereocenters. The van der Waals surface area contributed by atoms with Crippen LogP contribution in [0.5, 0.6) is 5.75 Å². The predicted molar refractivity (Wildman–Crippen MR) is 85.8 cm³/mol. The molecule has 0 spiro atoms. The van der Waals surface area contributed by atoms with Gasteiger partial charge in [-0.3, -0.25) is 4.79 Å². The molecule has 0 saturated heterocycles. The third kappa shape index (κ3) is 18.8. The Kier molecular flexibility index (Phi) is 16.1. The van der Waals surface area contributed by atoms with Crippen molar-refractivity contribution in [1.29, 1.82) is 0 Å². The summed E-state index contributed by atoms with van der Waals surface area (Å²) in [6.07, 6.45) is 3.50. The molecule has 0 aromatic heterocycles. The molecule has 0 radical (unpaired) electrons. The van der Waals surface area contributed by atoms with Gasteiger partial charge in [0.15, 0.2) is 0 Å². The first-order valence-corrected chi connectivity index (χ1v) is 7.18. The summed E-state index contributed by atoms with van der Waals surface area (Å²) in [6.45, 7) is 9.18. The molecule has 0 atom stereocenters. The van der Waals surface area contributed by atoms with E-state index in [0.717, 1.165) is 6.42 Å². The third-order valence-corrected chi connectivity index (χ3v) is 2.29. The number of aromatic hydroxyl groups is 1. The fraction of sp³-hybridized carbons (Fsp3) is 0.562. The van der Waals surface area contributed by atoms with E-state index in [1.54, 1.807) is 12.1 Å². The lowest BCUT2D eigenvalue weighted by Crippen LogP contribution is -2.22. The van der Waals surface area contributed by atoms with E-state index >= 15 is 0 Å². The quantitative estimate of drug-likeness (QED) is 0.743. The number of rotatable bonds is 4. The van der Waals surface area contributed by atoms with E-state index in [4.69, 9.17) is 10.8 Å². The number of nitrogens with two attached hydrogens (primary N) is 1. The van der Waals surface area contributed by atoms with Crippen molar-refractivity contribution in [2.75, 3.05) is 13.1 Å². The van der Waals surface area contributed by atoms with Gasteiger partial charge in [-0.1, -0.05) is 44.4 Å². The Balaban J connectivity index is 0. The molecular weight excluding hydrogens is 252 g/mol. The summed E-state index contributed by atoms with van der Waals surface area (Å²) in [5.74, 6) is 0.342.